The molecule has 3 N–H and O–H groups in total. The van der Waals surface area contributed by atoms with E-state index >= 15 is 0 Å². The van der Waals surface area contributed by atoms with Crippen molar-refractivity contribution < 1.29 is 67.1 Å². The van der Waals surface area contributed by atoms with Gasteiger partial charge in [0, 0.05) is 5.69 Å². The van der Waals surface area contributed by atoms with E-state index in [0.717, 1.165) is 0 Å². The maximum atomic E-state index is 8.70. The third-order valence-corrected chi connectivity index (χ3v) is 0.893. The summed E-state index contributed by atoms with van der Waals surface area (Å²) in [6.45, 7) is 0. The van der Waals surface area contributed by atoms with Gasteiger partial charge in [-0.05, 0) is 24.3 Å². The summed E-state index contributed by atoms with van der Waals surface area (Å²) in [4.78, 5) is 0. The van der Waals surface area contributed by atoms with Crippen molar-refractivity contribution in [1.29, 1.82) is 0 Å². The number of hydrogen-bond donors (Lipinski definition) is 2. The molecule has 0 saturated heterocycles. The monoisotopic (exact) mass is 157 g/mol. The van der Waals surface area contributed by atoms with Crippen LogP contribution in [-0.4, -0.2) is 5.11 Å². The van der Waals surface area contributed by atoms with E-state index in [9.17, 15) is 0 Å². The van der Waals surface area contributed by atoms with Gasteiger partial charge in [0.2, 0.25) is 0 Å². The molecule has 0 atom stereocenters. The molecule has 0 fully saturated rings. The Morgan fingerprint density at radius 1 is 1.10 bits per heavy atom. The zero-order valence-electron chi connectivity index (χ0n) is 8.33. The van der Waals surface area contributed by atoms with E-state index in [4.69, 9.17) is 10.8 Å². The molecule has 1 rings (SSSR count). The van der Waals surface area contributed by atoms with Gasteiger partial charge < -0.3 is 13.7 Å². The topological polar surface area (TPSA) is 46.2 Å². The van der Waals surface area contributed by atoms with Gasteiger partial charge in [-0.25, -0.2) is 0 Å². The molecule has 2 nitrogen and oxygen atoms in total. The fourth-order valence-electron chi connectivity index (χ4n) is 0.474. The summed E-state index contributed by atoms with van der Waals surface area (Å²) < 4.78 is 0. The Bertz CT molecular complexity index is 162. The zero-order valence-corrected chi connectivity index (χ0v) is 10.3. The number of anilines is 1. The SMILES string of the molecule is Nc1ccc(O)cc1.[H-].[H-].[Na+].[Na+]. The van der Waals surface area contributed by atoms with Gasteiger partial charge in [-0.2, -0.15) is 0 Å². The number of nitrogen functional groups attached to an aromatic ring is 1. The van der Waals surface area contributed by atoms with E-state index in [1.165, 1.54) is 0 Å². The van der Waals surface area contributed by atoms with Gasteiger partial charge in [-0.1, -0.05) is 0 Å². The van der Waals surface area contributed by atoms with Crippen molar-refractivity contribution in [3.8, 4) is 5.75 Å². The van der Waals surface area contributed by atoms with Crippen LogP contribution < -0.4 is 64.8 Å². The number of rotatable bonds is 0. The quantitative estimate of drug-likeness (QED) is 0.225. The van der Waals surface area contributed by atoms with Crippen LogP contribution in [0.3, 0.4) is 0 Å². The van der Waals surface area contributed by atoms with E-state index in [1.54, 1.807) is 24.3 Å². The standard InChI is InChI=1S/C6H7NO.2Na.2H/c7-5-1-3-6(8)4-2-5;;;;/h1-4,8H,7H2;;;;/q;2*+1;2*-1. The van der Waals surface area contributed by atoms with Gasteiger partial charge in [0.25, 0.3) is 0 Å². The van der Waals surface area contributed by atoms with Crippen LogP contribution in [0.4, 0.5) is 5.69 Å². The van der Waals surface area contributed by atoms with Crippen LogP contribution in [0.5, 0.6) is 5.75 Å². The Morgan fingerprint density at radius 2 is 1.50 bits per heavy atom. The van der Waals surface area contributed by atoms with Gasteiger partial charge in [0.05, 0.1) is 0 Å². The predicted molar refractivity (Wildman–Crippen MR) is 34.7 cm³/mol. The van der Waals surface area contributed by atoms with E-state index in [1.807, 2.05) is 0 Å². The summed E-state index contributed by atoms with van der Waals surface area (Å²) in [6.07, 6.45) is 0. The van der Waals surface area contributed by atoms with E-state index in [2.05, 4.69) is 0 Å². The number of phenols is 1. The summed E-state index contributed by atoms with van der Waals surface area (Å²) in [5.41, 5.74) is 5.98. The normalized spacial score (nSPS) is 7.20. The summed E-state index contributed by atoms with van der Waals surface area (Å²) in [5, 5.41) is 8.70. The number of aromatic hydroxyl groups is 1. The average Bonchev–Trinajstić information content (AvgIpc) is 1.77. The van der Waals surface area contributed by atoms with Crippen LogP contribution in [0.15, 0.2) is 24.3 Å². The van der Waals surface area contributed by atoms with Gasteiger partial charge in [-0.15, -0.1) is 0 Å². The molecule has 0 aliphatic heterocycles. The van der Waals surface area contributed by atoms with Crippen molar-refractivity contribution in [2.75, 3.05) is 5.73 Å². The van der Waals surface area contributed by atoms with Crippen LogP contribution in [0.25, 0.3) is 0 Å². The van der Waals surface area contributed by atoms with Crippen LogP contribution in [0, 0.1) is 0 Å². The molecule has 0 heterocycles. The minimum absolute atomic E-state index is 0. The van der Waals surface area contributed by atoms with Crippen LogP contribution in [-0.2, 0) is 0 Å². The molecule has 10 heavy (non-hydrogen) atoms. The summed E-state index contributed by atoms with van der Waals surface area (Å²) in [6, 6.07) is 6.40. The molecule has 1 aromatic rings. The second-order valence-corrected chi connectivity index (χ2v) is 1.59. The molecule has 4 heteroatoms. The Kier molecular flexibility index (Phi) is 8.75. The molecule has 0 aromatic heterocycles. The summed E-state index contributed by atoms with van der Waals surface area (Å²) in [7, 11) is 0. The first kappa shape index (κ1) is 13.4. The molecule has 0 spiro atoms. The maximum Gasteiger partial charge on any atom is 1.00 e. The van der Waals surface area contributed by atoms with Gasteiger partial charge >= 0.3 is 59.1 Å². The second kappa shape index (κ2) is 6.53. The molecule has 0 aliphatic carbocycles. The predicted octanol–water partition coefficient (Wildman–Crippen LogP) is -4.79. The van der Waals surface area contributed by atoms with Gasteiger partial charge in [0.15, 0.2) is 0 Å². The number of hydrogen-bond acceptors (Lipinski definition) is 2. The molecular weight excluding hydrogens is 148 g/mol. The van der Waals surface area contributed by atoms with Crippen molar-refractivity contribution in [1.82, 2.24) is 0 Å². The Labute approximate surface area is 107 Å². The molecule has 0 radical (unpaired) electrons. The first-order valence-corrected chi connectivity index (χ1v) is 2.33. The van der Waals surface area contributed by atoms with Crippen molar-refractivity contribution in [2.24, 2.45) is 0 Å². The molecule has 0 bridgehead atoms. The Hall–Kier alpha value is 0.820. The third-order valence-electron chi connectivity index (χ3n) is 0.893. The van der Waals surface area contributed by atoms with Crippen LogP contribution >= 0.6 is 0 Å². The number of benzene rings is 1. The molecule has 1 aromatic carbocycles. The third kappa shape index (κ3) is 4.61. The fraction of sp³-hybridized carbons (Fsp3) is 0. The molecule has 0 amide bonds. The Morgan fingerprint density at radius 3 is 1.80 bits per heavy atom. The zero-order chi connectivity index (χ0) is 5.98. The van der Waals surface area contributed by atoms with Crippen molar-refractivity contribution in [3.63, 3.8) is 0 Å². The molecule has 46 valence electrons. The average molecular weight is 157 g/mol. The number of phenolic OH excluding ortho intramolecular Hbond substituents is 1. The first-order chi connectivity index (χ1) is 3.79. The van der Waals surface area contributed by atoms with Gasteiger partial charge in [-0.3, -0.25) is 0 Å². The summed E-state index contributed by atoms with van der Waals surface area (Å²) >= 11 is 0. The van der Waals surface area contributed by atoms with E-state index < -0.39 is 0 Å². The van der Waals surface area contributed by atoms with E-state index in [-0.39, 0.29) is 67.7 Å². The fourth-order valence-corrected chi connectivity index (χ4v) is 0.474. The minimum atomic E-state index is 0. The maximum absolute atomic E-state index is 8.70. The second-order valence-electron chi connectivity index (χ2n) is 1.59. The largest absolute Gasteiger partial charge is 1.00 e. The van der Waals surface area contributed by atoms with Crippen molar-refractivity contribution in [3.05, 3.63) is 24.3 Å². The summed E-state index contributed by atoms with van der Waals surface area (Å²) in [5.74, 6) is 0.249. The van der Waals surface area contributed by atoms with Crippen molar-refractivity contribution in [2.45, 2.75) is 0 Å². The number of nitrogens with two attached hydrogens (primary N) is 1. The molecule has 0 saturated carbocycles. The van der Waals surface area contributed by atoms with Gasteiger partial charge in [0.1, 0.15) is 5.75 Å². The molecular formula is C6H9NNa2O. The smallest absolute Gasteiger partial charge is 1.00 e. The van der Waals surface area contributed by atoms with Crippen LogP contribution in [0.2, 0.25) is 0 Å². The van der Waals surface area contributed by atoms with E-state index in [0.29, 0.717) is 5.69 Å². The first-order valence-electron chi connectivity index (χ1n) is 2.33. The molecule has 0 aliphatic rings. The van der Waals surface area contributed by atoms with Crippen LogP contribution in [0.1, 0.15) is 2.85 Å². The Balaban J connectivity index is -0.0000000800. The molecule has 0 unspecified atom stereocenters. The minimum Gasteiger partial charge on any atom is -1.00 e. The van der Waals surface area contributed by atoms with Crippen molar-refractivity contribution >= 4 is 5.69 Å².